The van der Waals surface area contributed by atoms with Gasteiger partial charge in [-0.1, -0.05) is 19.8 Å². The minimum Gasteiger partial charge on any atom is -0.493 e. The van der Waals surface area contributed by atoms with Gasteiger partial charge in [-0.05, 0) is 60.9 Å². The lowest BCUT2D eigenvalue weighted by Crippen LogP contribution is -2.24. The van der Waals surface area contributed by atoms with E-state index in [1.807, 2.05) is 0 Å². The van der Waals surface area contributed by atoms with Crippen LogP contribution in [0.4, 0.5) is 30.7 Å². The van der Waals surface area contributed by atoms with Crippen LogP contribution in [0, 0.1) is 17.7 Å². The van der Waals surface area contributed by atoms with E-state index >= 15 is 0 Å². The van der Waals surface area contributed by atoms with Gasteiger partial charge in [-0.2, -0.15) is 26.3 Å². The number of fused-ring (bicyclic) bond motifs is 4. The van der Waals surface area contributed by atoms with Crippen LogP contribution in [-0.2, 0) is 12.4 Å². The van der Waals surface area contributed by atoms with Gasteiger partial charge in [-0.3, -0.25) is 0 Å². The van der Waals surface area contributed by atoms with E-state index < -0.39 is 46.2 Å². The molecular formula is C24H23F7O2. The van der Waals surface area contributed by atoms with Crippen molar-refractivity contribution in [1.29, 1.82) is 0 Å². The predicted octanol–water partition coefficient (Wildman–Crippen LogP) is 8.11. The Balaban J connectivity index is 1.83. The van der Waals surface area contributed by atoms with Gasteiger partial charge < -0.3 is 9.47 Å². The van der Waals surface area contributed by atoms with Gasteiger partial charge in [-0.25, -0.2) is 4.39 Å². The van der Waals surface area contributed by atoms with Crippen LogP contribution in [0.25, 0.3) is 22.3 Å². The summed E-state index contributed by atoms with van der Waals surface area (Å²) in [7, 11) is 0. The average molecular weight is 476 g/mol. The number of ether oxygens (including phenoxy) is 2. The van der Waals surface area contributed by atoms with E-state index in [2.05, 4.69) is 6.92 Å². The summed E-state index contributed by atoms with van der Waals surface area (Å²) >= 11 is 0. The number of hydrogen-bond donors (Lipinski definition) is 0. The molecule has 2 aliphatic carbocycles. The molecule has 0 unspecified atom stereocenters. The molecule has 4 rings (SSSR count). The molecule has 0 aliphatic heterocycles. The van der Waals surface area contributed by atoms with Gasteiger partial charge in [-0.15, -0.1) is 0 Å². The highest BCUT2D eigenvalue weighted by Crippen LogP contribution is 2.60. The van der Waals surface area contributed by atoms with Crippen molar-refractivity contribution < 1.29 is 40.2 Å². The summed E-state index contributed by atoms with van der Waals surface area (Å²) < 4.78 is 109. The lowest BCUT2D eigenvalue weighted by molar-refractivity contribution is -0.162. The number of hydrogen-bond acceptors (Lipinski definition) is 2. The summed E-state index contributed by atoms with van der Waals surface area (Å²) in [5.41, 5.74) is -5.16. The second kappa shape index (κ2) is 8.40. The second-order valence-corrected chi connectivity index (χ2v) is 8.71. The van der Waals surface area contributed by atoms with Crippen LogP contribution >= 0.6 is 0 Å². The molecule has 33 heavy (non-hydrogen) atoms. The van der Waals surface area contributed by atoms with E-state index in [4.69, 9.17) is 9.47 Å². The summed E-state index contributed by atoms with van der Waals surface area (Å²) in [6.45, 7) is 3.59. The molecule has 180 valence electrons. The van der Waals surface area contributed by atoms with Crippen molar-refractivity contribution in [2.75, 3.05) is 13.2 Å². The highest BCUT2D eigenvalue weighted by Gasteiger charge is 2.51. The molecule has 0 spiro atoms. The SMILES string of the molecule is CCOc1ccc2c(c1F)-c1c-2cc(OCC2CCC(C)CC2)c(C(F)(F)F)c1C(F)(F)F. The molecule has 0 heterocycles. The average Bonchev–Trinajstić information content (AvgIpc) is 2.71. The molecule has 9 heteroatoms. The molecule has 0 bridgehead atoms. The molecule has 2 aliphatic rings. The highest BCUT2D eigenvalue weighted by atomic mass is 19.4. The summed E-state index contributed by atoms with van der Waals surface area (Å²) in [6, 6.07) is 3.57. The predicted molar refractivity (Wildman–Crippen MR) is 109 cm³/mol. The maximum atomic E-state index is 14.9. The lowest BCUT2D eigenvalue weighted by atomic mass is 9.75. The van der Waals surface area contributed by atoms with Gasteiger partial charge in [0, 0.05) is 11.1 Å². The Bertz CT molecular complexity index is 1050. The molecule has 1 fully saturated rings. The van der Waals surface area contributed by atoms with Crippen LogP contribution in [0.1, 0.15) is 50.7 Å². The van der Waals surface area contributed by atoms with Crippen LogP contribution in [-0.4, -0.2) is 13.2 Å². The van der Waals surface area contributed by atoms with Gasteiger partial charge in [0.15, 0.2) is 11.6 Å². The third-order valence-electron chi connectivity index (χ3n) is 6.41. The van der Waals surface area contributed by atoms with E-state index in [9.17, 15) is 30.7 Å². The Morgan fingerprint density at radius 1 is 0.818 bits per heavy atom. The molecule has 0 saturated heterocycles. The standard InChI is InChI=1S/C24H23F7O2/c1-3-32-16-9-8-14-15-10-17(33-11-13-6-4-12(2)5-7-13)20(23(26,27)28)21(24(29,30)31)18(15)19(14)22(16)25/h8-10,12-13H,3-7,11H2,1-2H3. The topological polar surface area (TPSA) is 18.5 Å². The lowest BCUT2D eigenvalue weighted by Gasteiger charge is -2.33. The largest absolute Gasteiger partial charge is 0.493 e. The maximum absolute atomic E-state index is 14.9. The quantitative estimate of drug-likeness (QED) is 0.346. The molecule has 2 aromatic carbocycles. The highest BCUT2D eigenvalue weighted by molar-refractivity contribution is 6.06. The number of alkyl halides is 6. The van der Waals surface area contributed by atoms with Crippen LogP contribution in [0.3, 0.4) is 0 Å². The van der Waals surface area contributed by atoms with E-state index in [1.165, 1.54) is 12.1 Å². The zero-order valence-electron chi connectivity index (χ0n) is 18.1. The van der Waals surface area contributed by atoms with Crippen molar-refractivity contribution in [2.45, 2.75) is 51.9 Å². The Kier molecular flexibility index (Phi) is 6.03. The molecule has 0 atom stereocenters. The van der Waals surface area contributed by atoms with Crippen molar-refractivity contribution in [3.8, 4) is 33.8 Å². The van der Waals surface area contributed by atoms with Crippen molar-refractivity contribution in [1.82, 2.24) is 0 Å². The normalized spacial score (nSPS) is 20.0. The second-order valence-electron chi connectivity index (χ2n) is 8.71. The summed E-state index contributed by atoms with van der Waals surface area (Å²) in [5.74, 6) is -1.80. The Labute approximate surface area is 186 Å². The monoisotopic (exact) mass is 476 g/mol. The van der Waals surface area contributed by atoms with Crippen molar-refractivity contribution in [3.05, 3.63) is 35.1 Å². The Hall–Kier alpha value is -2.45. The smallest absolute Gasteiger partial charge is 0.420 e. The van der Waals surface area contributed by atoms with Crippen LogP contribution < -0.4 is 9.47 Å². The van der Waals surface area contributed by atoms with Crippen molar-refractivity contribution in [3.63, 3.8) is 0 Å². The summed E-state index contributed by atoms with van der Waals surface area (Å²) in [5, 5.41) is 0. The van der Waals surface area contributed by atoms with Gasteiger partial charge >= 0.3 is 12.4 Å². The fourth-order valence-electron chi connectivity index (χ4n) is 4.74. The third-order valence-corrected chi connectivity index (χ3v) is 6.41. The first-order chi connectivity index (χ1) is 15.4. The fourth-order valence-corrected chi connectivity index (χ4v) is 4.74. The van der Waals surface area contributed by atoms with Crippen molar-refractivity contribution in [2.24, 2.45) is 11.8 Å². The minimum absolute atomic E-state index is 0.0267. The maximum Gasteiger partial charge on any atom is 0.420 e. The minimum atomic E-state index is -5.37. The Morgan fingerprint density at radius 3 is 2.03 bits per heavy atom. The van der Waals surface area contributed by atoms with Crippen LogP contribution in [0.2, 0.25) is 0 Å². The van der Waals surface area contributed by atoms with E-state index in [1.54, 1.807) is 6.92 Å². The van der Waals surface area contributed by atoms with Crippen molar-refractivity contribution >= 4 is 0 Å². The zero-order chi connectivity index (χ0) is 24.1. The molecule has 2 nitrogen and oxygen atoms in total. The molecule has 0 amide bonds. The first-order valence-corrected chi connectivity index (χ1v) is 10.9. The van der Waals surface area contributed by atoms with E-state index in [-0.39, 0.29) is 36.0 Å². The molecule has 0 aromatic heterocycles. The van der Waals surface area contributed by atoms with Gasteiger partial charge in [0.05, 0.1) is 18.8 Å². The van der Waals surface area contributed by atoms with Gasteiger partial charge in [0.2, 0.25) is 0 Å². The molecule has 1 saturated carbocycles. The van der Waals surface area contributed by atoms with Gasteiger partial charge in [0.1, 0.15) is 11.3 Å². The number of halogens is 7. The Morgan fingerprint density at radius 2 is 1.45 bits per heavy atom. The molecule has 2 aromatic rings. The fraction of sp³-hybridized carbons (Fsp3) is 0.500. The summed E-state index contributed by atoms with van der Waals surface area (Å²) in [4.78, 5) is 0. The number of rotatable bonds is 5. The first-order valence-electron chi connectivity index (χ1n) is 10.9. The molecular weight excluding hydrogens is 453 g/mol. The van der Waals surface area contributed by atoms with E-state index in [0.717, 1.165) is 31.7 Å². The summed E-state index contributed by atoms with van der Waals surface area (Å²) in [6.07, 6.45) is -7.44. The zero-order valence-corrected chi connectivity index (χ0v) is 18.1. The molecule has 0 radical (unpaired) electrons. The van der Waals surface area contributed by atoms with Crippen LogP contribution in [0.5, 0.6) is 11.5 Å². The third kappa shape index (κ3) is 4.26. The van der Waals surface area contributed by atoms with E-state index in [0.29, 0.717) is 5.92 Å². The molecule has 0 N–H and O–H groups in total. The van der Waals surface area contributed by atoms with Crippen LogP contribution in [0.15, 0.2) is 18.2 Å². The number of benzene rings is 2. The van der Waals surface area contributed by atoms with Gasteiger partial charge in [0.25, 0.3) is 0 Å². The first kappa shape index (κ1) is 23.7.